The van der Waals surface area contributed by atoms with Crippen molar-refractivity contribution in [2.24, 2.45) is 0 Å². The summed E-state index contributed by atoms with van der Waals surface area (Å²) in [7, 11) is 0. The van der Waals surface area contributed by atoms with Crippen LogP contribution in [0.5, 0.6) is 0 Å². The largest absolute Gasteiger partial charge is 0.386 e. The Morgan fingerprint density at radius 2 is 2.37 bits per heavy atom. The molecule has 1 aromatic rings. The average Bonchev–Trinajstić information content (AvgIpc) is 2.35. The summed E-state index contributed by atoms with van der Waals surface area (Å²) in [6.07, 6.45) is 2.82. The molecule has 2 heterocycles. The molecule has 2 rings (SSSR count). The zero-order chi connectivity index (χ0) is 14.0. The van der Waals surface area contributed by atoms with Gasteiger partial charge in [0, 0.05) is 12.3 Å². The van der Waals surface area contributed by atoms with Crippen LogP contribution in [0, 0.1) is 21.4 Å². The van der Waals surface area contributed by atoms with Crippen LogP contribution in [-0.4, -0.2) is 33.7 Å². The molecule has 7 heteroatoms. The zero-order valence-electron chi connectivity index (χ0n) is 10.5. The molecule has 0 bridgehead atoms. The summed E-state index contributed by atoms with van der Waals surface area (Å²) >= 11 is 0. The molecule has 1 N–H and O–H groups in total. The summed E-state index contributed by atoms with van der Waals surface area (Å²) in [6, 6.07) is 3.03. The number of pyridine rings is 1. The third kappa shape index (κ3) is 2.48. The molecule has 1 fully saturated rings. The maximum absolute atomic E-state index is 11.0. The van der Waals surface area contributed by atoms with Crippen molar-refractivity contribution >= 4 is 11.5 Å². The molecule has 1 aliphatic rings. The van der Waals surface area contributed by atoms with E-state index in [0.29, 0.717) is 19.5 Å². The van der Waals surface area contributed by atoms with Crippen molar-refractivity contribution in [1.29, 1.82) is 5.26 Å². The minimum Gasteiger partial charge on any atom is -0.386 e. The molecule has 0 aliphatic carbocycles. The Labute approximate surface area is 110 Å². The molecule has 0 saturated carbocycles. The second-order valence-electron chi connectivity index (χ2n) is 4.77. The van der Waals surface area contributed by atoms with Crippen LogP contribution < -0.4 is 4.90 Å². The van der Waals surface area contributed by atoms with Gasteiger partial charge in [-0.1, -0.05) is 13.3 Å². The Bertz CT molecular complexity index is 546. The van der Waals surface area contributed by atoms with Crippen molar-refractivity contribution in [3.63, 3.8) is 0 Å². The third-order valence-corrected chi connectivity index (χ3v) is 3.16. The second-order valence-corrected chi connectivity index (χ2v) is 4.77. The summed E-state index contributed by atoms with van der Waals surface area (Å²) in [4.78, 5) is 16.1. The van der Waals surface area contributed by atoms with Crippen LogP contribution >= 0.6 is 0 Å². The monoisotopic (exact) mass is 262 g/mol. The minimum absolute atomic E-state index is 0.153. The van der Waals surface area contributed by atoms with E-state index in [1.165, 1.54) is 12.3 Å². The van der Waals surface area contributed by atoms with Crippen LogP contribution in [0.3, 0.4) is 0 Å². The molecule has 7 nitrogen and oxygen atoms in total. The number of β-amino-alcohol motifs (C(OH)–C–C–N with tert-alkyl or cyclic N) is 1. The van der Waals surface area contributed by atoms with Crippen LogP contribution in [0.25, 0.3) is 0 Å². The van der Waals surface area contributed by atoms with Gasteiger partial charge in [0.15, 0.2) is 0 Å². The second kappa shape index (κ2) is 4.82. The quantitative estimate of drug-likeness (QED) is 0.646. The molecule has 1 saturated heterocycles. The van der Waals surface area contributed by atoms with Gasteiger partial charge in [0.05, 0.1) is 29.2 Å². The number of hydrogen-bond donors (Lipinski definition) is 1. The van der Waals surface area contributed by atoms with E-state index in [2.05, 4.69) is 4.98 Å². The Morgan fingerprint density at radius 1 is 1.68 bits per heavy atom. The molecule has 0 atom stereocenters. The summed E-state index contributed by atoms with van der Waals surface area (Å²) in [5.74, 6) is 0.213. The summed E-state index contributed by atoms with van der Waals surface area (Å²) in [5, 5.41) is 29.8. The molecule has 0 radical (unpaired) electrons. The Kier molecular flexibility index (Phi) is 3.36. The highest BCUT2D eigenvalue weighted by molar-refractivity contribution is 5.62. The van der Waals surface area contributed by atoms with Gasteiger partial charge in [-0.3, -0.25) is 10.1 Å². The minimum atomic E-state index is -0.780. The maximum atomic E-state index is 11.0. The lowest BCUT2D eigenvalue weighted by atomic mass is 9.89. The molecule has 100 valence electrons. The highest BCUT2D eigenvalue weighted by atomic mass is 16.6. The van der Waals surface area contributed by atoms with Crippen molar-refractivity contribution in [1.82, 2.24) is 4.98 Å². The molecule has 0 unspecified atom stereocenters. The number of aromatic nitrogens is 1. The van der Waals surface area contributed by atoms with E-state index in [9.17, 15) is 15.2 Å². The molecular weight excluding hydrogens is 248 g/mol. The van der Waals surface area contributed by atoms with E-state index in [1.54, 1.807) is 4.90 Å². The van der Waals surface area contributed by atoms with Gasteiger partial charge < -0.3 is 10.0 Å². The van der Waals surface area contributed by atoms with Gasteiger partial charge in [-0.15, -0.1) is 0 Å². The van der Waals surface area contributed by atoms with Gasteiger partial charge in [0.1, 0.15) is 6.07 Å². The first-order valence-corrected chi connectivity index (χ1v) is 6.01. The van der Waals surface area contributed by atoms with Crippen molar-refractivity contribution in [2.45, 2.75) is 25.4 Å². The van der Waals surface area contributed by atoms with Crippen molar-refractivity contribution in [2.75, 3.05) is 18.0 Å². The van der Waals surface area contributed by atoms with Crippen LogP contribution in [0.4, 0.5) is 11.5 Å². The van der Waals surface area contributed by atoms with E-state index in [-0.39, 0.29) is 17.1 Å². The lowest BCUT2D eigenvalue weighted by Gasteiger charge is -2.46. The maximum Gasteiger partial charge on any atom is 0.312 e. The number of nitrogens with zero attached hydrogens (tertiary/aromatic N) is 4. The lowest BCUT2D eigenvalue weighted by molar-refractivity contribution is -0.384. The molecule has 0 spiro atoms. The van der Waals surface area contributed by atoms with Gasteiger partial charge in [-0.05, 0) is 6.42 Å². The van der Waals surface area contributed by atoms with Gasteiger partial charge in [-0.25, -0.2) is 4.98 Å². The first-order chi connectivity index (χ1) is 8.99. The standard InChI is InChI=1S/C12H14N4O3/c1-2-3-12(17)7-15(8-12)11-10(16(18)19)4-9(5-13)6-14-11/h4,6,17H,2-3,7-8H2,1H3. The summed E-state index contributed by atoms with van der Waals surface area (Å²) in [5.41, 5.74) is -0.824. The topological polar surface area (TPSA) is 103 Å². The van der Waals surface area contributed by atoms with Crippen molar-refractivity contribution in [3.8, 4) is 6.07 Å². The molecule has 1 aliphatic heterocycles. The van der Waals surface area contributed by atoms with Crippen molar-refractivity contribution in [3.05, 3.63) is 27.9 Å². The fourth-order valence-corrected chi connectivity index (χ4v) is 2.32. The smallest absolute Gasteiger partial charge is 0.312 e. The first kappa shape index (κ1) is 13.2. The van der Waals surface area contributed by atoms with Crippen LogP contribution in [0.2, 0.25) is 0 Å². The van der Waals surface area contributed by atoms with Gasteiger partial charge in [0.25, 0.3) is 0 Å². The normalized spacial score (nSPS) is 16.6. The highest BCUT2D eigenvalue weighted by Crippen LogP contribution is 2.35. The van der Waals surface area contributed by atoms with Crippen molar-refractivity contribution < 1.29 is 10.0 Å². The van der Waals surface area contributed by atoms with Crippen LogP contribution in [-0.2, 0) is 0 Å². The number of aliphatic hydroxyl groups is 1. The highest BCUT2D eigenvalue weighted by Gasteiger charge is 2.43. The fourth-order valence-electron chi connectivity index (χ4n) is 2.32. The third-order valence-electron chi connectivity index (χ3n) is 3.16. The Hall–Kier alpha value is -2.20. The fraction of sp³-hybridized carbons (Fsp3) is 0.500. The Morgan fingerprint density at radius 3 is 2.89 bits per heavy atom. The summed E-state index contributed by atoms with van der Waals surface area (Å²) < 4.78 is 0. The molecule has 19 heavy (non-hydrogen) atoms. The first-order valence-electron chi connectivity index (χ1n) is 6.01. The average molecular weight is 262 g/mol. The number of hydrogen-bond acceptors (Lipinski definition) is 6. The van der Waals surface area contributed by atoms with Gasteiger partial charge in [0.2, 0.25) is 5.82 Å². The van der Waals surface area contributed by atoms with E-state index in [1.807, 2.05) is 13.0 Å². The number of rotatable bonds is 4. The van der Waals surface area contributed by atoms with Gasteiger partial charge in [-0.2, -0.15) is 5.26 Å². The predicted molar refractivity (Wildman–Crippen MR) is 67.7 cm³/mol. The van der Waals surface area contributed by atoms with E-state index < -0.39 is 10.5 Å². The summed E-state index contributed by atoms with van der Waals surface area (Å²) in [6.45, 7) is 2.64. The molecule has 0 aromatic carbocycles. The van der Waals surface area contributed by atoms with E-state index in [0.717, 1.165) is 6.42 Å². The van der Waals surface area contributed by atoms with E-state index >= 15 is 0 Å². The van der Waals surface area contributed by atoms with E-state index in [4.69, 9.17) is 5.26 Å². The Balaban J connectivity index is 2.23. The van der Waals surface area contributed by atoms with Crippen LogP contribution in [0.1, 0.15) is 25.3 Å². The SMILES string of the molecule is CCCC1(O)CN(c2ncc(C#N)cc2[N+](=O)[O-])C1. The zero-order valence-corrected chi connectivity index (χ0v) is 10.5. The van der Waals surface area contributed by atoms with Crippen LogP contribution in [0.15, 0.2) is 12.3 Å². The molecule has 1 aromatic heterocycles. The number of anilines is 1. The van der Waals surface area contributed by atoms with Gasteiger partial charge >= 0.3 is 5.69 Å². The molecular formula is C12H14N4O3. The lowest BCUT2D eigenvalue weighted by Crippen LogP contribution is -2.62. The number of nitro groups is 1. The predicted octanol–water partition coefficient (Wildman–Crippen LogP) is 1.21. The molecule has 0 amide bonds. The number of nitriles is 1.